The van der Waals surface area contributed by atoms with E-state index in [1.807, 2.05) is 12.1 Å². The zero-order chi connectivity index (χ0) is 13.7. The SMILES string of the molecule is O=C(C=C(Cl)C(=O)c1ccccc1)c1ccccc1. The van der Waals surface area contributed by atoms with E-state index in [0.717, 1.165) is 6.08 Å². The number of carbonyl (C=O) groups is 2. The molecule has 2 nitrogen and oxygen atoms in total. The van der Waals surface area contributed by atoms with Crippen molar-refractivity contribution in [3.8, 4) is 0 Å². The zero-order valence-corrected chi connectivity index (χ0v) is 10.8. The quantitative estimate of drug-likeness (QED) is 0.624. The van der Waals surface area contributed by atoms with Crippen LogP contribution in [-0.2, 0) is 0 Å². The van der Waals surface area contributed by atoms with Gasteiger partial charge in [0.15, 0.2) is 5.78 Å². The average molecular weight is 271 g/mol. The van der Waals surface area contributed by atoms with Gasteiger partial charge in [-0.05, 0) is 0 Å². The molecule has 0 unspecified atom stereocenters. The zero-order valence-electron chi connectivity index (χ0n) is 10.0. The summed E-state index contributed by atoms with van der Waals surface area (Å²) in [5, 5.41) is -0.0833. The minimum Gasteiger partial charge on any atom is -0.289 e. The largest absolute Gasteiger partial charge is 0.289 e. The molecule has 19 heavy (non-hydrogen) atoms. The van der Waals surface area contributed by atoms with Gasteiger partial charge >= 0.3 is 0 Å². The molecule has 0 aliphatic carbocycles. The molecule has 3 heteroatoms. The number of hydrogen-bond acceptors (Lipinski definition) is 2. The molecule has 0 atom stereocenters. The topological polar surface area (TPSA) is 34.1 Å². The Labute approximate surface area is 116 Å². The monoisotopic (exact) mass is 270 g/mol. The van der Waals surface area contributed by atoms with Gasteiger partial charge in [0.05, 0.1) is 5.03 Å². The second kappa shape index (κ2) is 6.12. The molecule has 0 spiro atoms. The number of carbonyl (C=O) groups excluding carboxylic acids is 2. The molecule has 0 aliphatic heterocycles. The second-order valence-corrected chi connectivity index (χ2v) is 4.32. The highest BCUT2D eigenvalue weighted by Crippen LogP contribution is 2.13. The highest BCUT2D eigenvalue weighted by atomic mass is 35.5. The van der Waals surface area contributed by atoms with Crippen LogP contribution in [0, 0.1) is 0 Å². The molecule has 0 fully saturated rings. The maximum absolute atomic E-state index is 12.0. The predicted molar refractivity (Wildman–Crippen MR) is 75.5 cm³/mol. The summed E-state index contributed by atoms with van der Waals surface area (Å²) >= 11 is 5.90. The number of hydrogen-bond donors (Lipinski definition) is 0. The van der Waals surface area contributed by atoms with Crippen molar-refractivity contribution in [2.75, 3.05) is 0 Å². The van der Waals surface area contributed by atoms with Crippen molar-refractivity contribution in [1.82, 2.24) is 0 Å². The van der Waals surface area contributed by atoms with Gasteiger partial charge in [0.1, 0.15) is 0 Å². The van der Waals surface area contributed by atoms with E-state index in [9.17, 15) is 9.59 Å². The van der Waals surface area contributed by atoms with Crippen LogP contribution >= 0.6 is 11.6 Å². The summed E-state index contributed by atoms with van der Waals surface area (Å²) in [5.74, 6) is -0.638. The van der Waals surface area contributed by atoms with Crippen LogP contribution in [0.4, 0.5) is 0 Å². The Morgan fingerprint density at radius 3 is 1.79 bits per heavy atom. The normalized spacial score (nSPS) is 11.1. The van der Waals surface area contributed by atoms with E-state index in [-0.39, 0.29) is 16.6 Å². The van der Waals surface area contributed by atoms with Gasteiger partial charge in [0, 0.05) is 17.2 Å². The maximum atomic E-state index is 12.0. The van der Waals surface area contributed by atoms with Gasteiger partial charge in [-0.3, -0.25) is 9.59 Å². The van der Waals surface area contributed by atoms with Crippen LogP contribution < -0.4 is 0 Å². The third kappa shape index (κ3) is 3.39. The summed E-state index contributed by atoms with van der Waals surface area (Å²) in [6.07, 6.45) is 1.16. The number of allylic oxidation sites excluding steroid dienone is 2. The summed E-state index contributed by atoms with van der Waals surface area (Å²) in [7, 11) is 0. The van der Waals surface area contributed by atoms with E-state index in [2.05, 4.69) is 0 Å². The Bertz CT molecular complexity index is 616. The molecule has 0 saturated carbocycles. The van der Waals surface area contributed by atoms with Gasteiger partial charge in [0.25, 0.3) is 0 Å². The number of halogens is 1. The van der Waals surface area contributed by atoms with Gasteiger partial charge < -0.3 is 0 Å². The third-order valence-electron chi connectivity index (χ3n) is 2.57. The number of benzene rings is 2. The van der Waals surface area contributed by atoms with Crippen LogP contribution in [0.15, 0.2) is 71.8 Å². The van der Waals surface area contributed by atoms with Crippen molar-refractivity contribution in [3.63, 3.8) is 0 Å². The molecule has 0 saturated heterocycles. The molecular formula is C16H11ClO2. The van der Waals surface area contributed by atoms with Gasteiger partial charge in [-0.2, -0.15) is 0 Å². The van der Waals surface area contributed by atoms with Crippen molar-refractivity contribution in [2.45, 2.75) is 0 Å². The van der Waals surface area contributed by atoms with Crippen LogP contribution in [0.3, 0.4) is 0 Å². The van der Waals surface area contributed by atoms with Gasteiger partial charge in [0.2, 0.25) is 5.78 Å². The summed E-state index contributed by atoms with van der Waals surface area (Å²) in [5.41, 5.74) is 0.964. The Balaban J connectivity index is 2.20. The summed E-state index contributed by atoms with van der Waals surface area (Å²) in [6.45, 7) is 0. The average Bonchev–Trinajstić information content (AvgIpc) is 2.48. The van der Waals surface area contributed by atoms with Gasteiger partial charge in [-0.25, -0.2) is 0 Å². The molecule has 0 aliphatic rings. The third-order valence-corrected chi connectivity index (χ3v) is 2.85. The first-order chi connectivity index (χ1) is 9.18. The minimum atomic E-state index is -0.355. The number of Topliss-reactive ketones (excluding diaryl/α,β-unsaturated/α-hetero) is 1. The van der Waals surface area contributed by atoms with Crippen molar-refractivity contribution in [1.29, 1.82) is 0 Å². The predicted octanol–water partition coefficient (Wildman–Crippen LogP) is 3.87. The smallest absolute Gasteiger partial charge is 0.204 e. The van der Waals surface area contributed by atoms with Crippen molar-refractivity contribution < 1.29 is 9.59 Å². The molecule has 0 bridgehead atoms. The highest BCUT2D eigenvalue weighted by Gasteiger charge is 2.12. The van der Waals surface area contributed by atoms with E-state index in [1.54, 1.807) is 48.5 Å². The van der Waals surface area contributed by atoms with Crippen LogP contribution in [0.25, 0.3) is 0 Å². The first-order valence-corrected chi connectivity index (χ1v) is 6.12. The first kappa shape index (κ1) is 13.2. The van der Waals surface area contributed by atoms with E-state index in [1.165, 1.54) is 0 Å². The Hall–Kier alpha value is -2.19. The highest BCUT2D eigenvalue weighted by molar-refractivity contribution is 6.46. The van der Waals surface area contributed by atoms with Crippen LogP contribution in [0.2, 0.25) is 0 Å². The molecular weight excluding hydrogens is 260 g/mol. The van der Waals surface area contributed by atoms with Gasteiger partial charge in [-0.15, -0.1) is 0 Å². The Morgan fingerprint density at radius 2 is 1.26 bits per heavy atom. The Morgan fingerprint density at radius 1 is 0.789 bits per heavy atom. The van der Waals surface area contributed by atoms with Gasteiger partial charge in [-0.1, -0.05) is 72.3 Å². The first-order valence-electron chi connectivity index (χ1n) is 5.75. The number of rotatable bonds is 4. The van der Waals surface area contributed by atoms with Crippen molar-refractivity contribution in [2.24, 2.45) is 0 Å². The molecule has 2 aromatic rings. The lowest BCUT2D eigenvalue weighted by Crippen LogP contribution is -2.02. The molecule has 0 radical (unpaired) electrons. The number of ketones is 2. The molecule has 0 aromatic heterocycles. The fourth-order valence-corrected chi connectivity index (χ4v) is 1.80. The molecule has 0 N–H and O–H groups in total. The van der Waals surface area contributed by atoms with Crippen molar-refractivity contribution in [3.05, 3.63) is 82.9 Å². The lowest BCUT2D eigenvalue weighted by Gasteiger charge is -1.99. The van der Waals surface area contributed by atoms with E-state index < -0.39 is 0 Å². The molecule has 2 aromatic carbocycles. The summed E-state index contributed by atoms with van der Waals surface area (Å²) in [6, 6.07) is 17.3. The van der Waals surface area contributed by atoms with Crippen molar-refractivity contribution >= 4 is 23.2 Å². The lowest BCUT2D eigenvalue weighted by atomic mass is 10.1. The summed E-state index contributed by atoms with van der Waals surface area (Å²) in [4.78, 5) is 23.8. The maximum Gasteiger partial charge on any atom is 0.204 e. The lowest BCUT2D eigenvalue weighted by molar-refractivity contribution is 0.101. The summed E-state index contributed by atoms with van der Waals surface area (Å²) < 4.78 is 0. The van der Waals surface area contributed by atoms with Crippen LogP contribution in [-0.4, -0.2) is 11.6 Å². The van der Waals surface area contributed by atoms with Crippen LogP contribution in [0.1, 0.15) is 20.7 Å². The molecule has 94 valence electrons. The second-order valence-electron chi connectivity index (χ2n) is 3.92. The van der Waals surface area contributed by atoms with E-state index >= 15 is 0 Å². The molecule has 2 rings (SSSR count). The molecule has 0 amide bonds. The molecule has 0 heterocycles. The minimum absolute atomic E-state index is 0.0833. The van der Waals surface area contributed by atoms with E-state index in [0.29, 0.717) is 11.1 Å². The van der Waals surface area contributed by atoms with E-state index in [4.69, 9.17) is 11.6 Å². The van der Waals surface area contributed by atoms with Crippen LogP contribution in [0.5, 0.6) is 0 Å². The standard InChI is InChI=1S/C16H11ClO2/c17-14(16(19)13-9-5-2-6-10-13)11-15(18)12-7-3-1-4-8-12/h1-11H. The Kier molecular flexibility index (Phi) is 4.26. The fourth-order valence-electron chi connectivity index (χ4n) is 1.59. The fraction of sp³-hybridized carbons (Fsp3) is 0.